The van der Waals surface area contributed by atoms with Crippen molar-refractivity contribution in [3.63, 3.8) is 0 Å². The summed E-state index contributed by atoms with van der Waals surface area (Å²) in [7, 11) is 1.59. The maximum absolute atomic E-state index is 12.6. The molecule has 0 saturated carbocycles. The van der Waals surface area contributed by atoms with E-state index in [1.165, 1.54) is 0 Å². The average Bonchev–Trinajstić information content (AvgIpc) is 3.14. The molecule has 0 fully saturated rings. The van der Waals surface area contributed by atoms with Crippen LogP contribution in [0.2, 0.25) is 0 Å². The fourth-order valence-electron chi connectivity index (χ4n) is 3.16. The highest BCUT2D eigenvalue weighted by molar-refractivity contribution is 5.83. The van der Waals surface area contributed by atoms with Gasteiger partial charge >= 0.3 is 0 Å². The number of hydrogen-bond donors (Lipinski definition) is 3. The number of nitrogens with one attached hydrogen (secondary N) is 3. The normalized spacial score (nSPS) is 18.4. The number of H-pyrrole nitrogens is 1. The number of ether oxygens (including phenoxy) is 3. The lowest BCUT2D eigenvalue weighted by molar-refractivity contribution is -0.123. The van der Waals surface area contributed by atoms with Gasteiger partial charge in [-0.3, -0.25) is 4.79 Å². The highest BCUT2D eigenvalue weighted by Crippen LogP contribution is 2.36. The van der Waals surface area contributed by atoms with Crippen LogP contribution in [-0.4, -0.2) is 42.7 Å². The SMILES string of the molecule is COc1cc2c(cc1CNC(=O)[C@H]1NCCc3[nH]cnc31)OCCO2. The summed E-state index contributed by atoms with van der Waals surface area (Å²) in [5.74, 6) is 1.86. The number of carbonyl (C=O) groups excluding carboxylic acids is 1. The molecule has 8 heteroatoms. The summed E-state index contributed by atoms with van der Waals surface area (Å²) in [6, 6.07) is 3.20. The van der Waals surface area contributed by atoms with E-state index in [2.05, 4.69) is 20.6 Å². The van der Waals surface area contributed by atoms with Gasteiger partial charge in [0.15, 0.2) is 11.5 Å². The van der Waals surface area contributed by atoms with Gasteiger partial charge < -0.3 is 29.8 Å². The summed E-state index contributed by atoms with van der Waals surface area (Å²) in [6.45, 7) is 2.10. The van der Waals surface area contributed by atoms with Gasteiger partial charge in [-0.25, -0.2) is 4.98 Å². The van der Waals surface area contributed by atoms with Crippen LogP contribution in [0.1, 0.15) is 23.0 Å². The number of nitrogens with zero attached hydrogens (tertiary/aromatic N) is 1. The standard InChI is InChI=1S/C17H20N4O4/c1-23-12-7-14-13(24-4-5-25-14)6-10(12)8-19-17(22)16-15-11(2-3-18-16)20-9-21-15/h6-7,9,16,18H,2-5,8H2,1H3,(H,19,22)(H,20,21)/t16-/m0/s1. The molecule has 2 aromatic rings. The summed E-state index contributed by atoms with van der Waals surface area (Å²) in [4.78, 5) is 19.9. The Kier molecular flexibility index (Phi) is 4.19. The smallest absolute Gasteiger partial charge is 0.243 e. The van der Waals surface area contributed by atoms with Crippen molar-refractivity contribution in [2.75, 3.05) is 26.9 Å². The largest absolute Gasteiger partial charge is 0.496 e. The molecule has 8 nitrogen and oxygen atoms in total. The Bertz CT molecular complexity index is 789. The lowest BCUT2D eigenvalue weighted by Gasteiger charge is -2.23. The van der Waals surface area contributed by atoms with E-state index in [1.54, 1.807) is 19.5 Å². The molecule has 1 atom stereocenters. The van der Waals surface area contributed by atoms with Crippen LogP contribution in [0.25, 0.3) is 0 Å². The Balaban J connectivity index is 1.49. The van der Waals surface area contributed by atoms with Gasteiger partial charge in [-0.1, -0.05) is 0 Å². The van der Waals surface area contributed by atoms with Crippen LogP contribution in [0.15, 0.2) is 18.5 Å². The number of aromatic nitrogens is 2. The average molecular weight is 344 g/mol. The molecule has 0 bridgehead atoms. The van der Waals surface area contributed by atoms with Crippen LogP contribution in [0.3, 0.4) is 0 Å². The van der Waals surface area contributed by atoms with Gasteiger partial charge in [-0.2, -0.15) is 0 Å². The molecule has 1 aromatic heterocycles. The van der Waals surface area contributed by atoms with E-state index in [-0.39, 0.29) is 5.91 Å². The molecule has 4 rings (SSSR count). The molecule has 1 amide bonds. The Labute approximate surface area is 144 Å². The maximum atomic E-state index is 12.6. The van der Waals surface area contributed by atoms with Crippen LogP contribution >= 0.6 is 0 Å². The van der Waals surface area contributed by atoms with Gasteiger partial charge in [0, 0.05) is 36.8 Å². The number of imidazole rings is 1. The zero-order valence-electron chi connectivity index (χ0n) is 13.9. The minimum Gasteiger partial charge on any atom is -0.496 e. The summed E-state index contributed by atoms with van der Waals surface area (Å²) < 4.78 is 16.6. The Morgan fingerprint density at radius 3 is 2.96 bits per heavy atom. The first kappa shape index (κ1) is 15.8. The molecule has 0 spiro atoms. The number of carbonyl (C=O) groups is 1. The molecular formula is C17H20N4O4. The van der Waals surface area contributed by atoms with E-state index in [1.807, 2.05) is 6.07 Å². The van der Waals surface area contributed by atoms with E-state index in [0.29, 0.717) is 37.0 Å². The van der Waals surface area contributed by atoms with Crippen molar-refractivity contribution in [1.82, 2.24) is 20.6 Å². The van der Waals surface area contributed by atoms with E-state index in [9.17, 15) is 4.79 Å². The topological polar surface area (TPSA) is 97.5 Å². The number of hydrogen-bond acceptors (Lipinski definition) is 6. The zero-order valence-corrected chi connectivity index (χ0v) is 13.9. The molecule has 0 saturated heterocycles. The fourth-order valence-corrected chi connectivity index (χ4v) is 3.16. The van der Waals surface area contributed by atoms with E-state index >= 15 is 0 Å². The number of rotatable bonds is 4. The van der Waals surface area contributed by atoms with Gasteiger partial charge in [0.05, 0.1) is 19.1 Å². The number of fused-ring (bicyclic) bond motifs is 2. The quantitative estimate of drug-likeness (QED) is 0.755. The van der Waals surface area contributed by atoms with Crippen molar-refractivity contribution in [3.05, 3.63) is 35.4 Å². The monoisotopic (exact) mass is 344 g/mol. The van der Waals surface area contributed by atoms with Gasteiger partial charge in [-0.15, -0.1) is 0 Å². The summed E-state index contributed by atoms with van der Waals surface area (Å²) >= 11 is 0. The molecule has 2 aliphatic rings. The Hall–Kier alpha value is -2.74. The van der Waals surface area contributed by atoms with Gasteiger partial charge in [-0.05, 0) is 6.07 Å². The Morgan fingerprint density at radius 1 is 1.36 bits per heavy atom. The van der Waals surface area contributed by atoms with Crippen molar-refractivity contribution in [2.24, 2.45) is 0 Å². The minimum atomic E-state index is -0.446. The Morgan fingerprint density at radius 2 is 2.16 bits per heavy atom. The number of methoxy groups -OCH3 is 1. The maximum Gasteiger partial charge on any atom is 0.243 e. The van der Waals surface area contributed by atoms with Crippen molar-refractivity contribution in [3.8, 4) is 17.2 Å². The predicted molar refractivity (Wildman–Crippen MR) is 88.9 cm³/mol. The second-order valence-corrected chi connectivity index (χ2v) is 5.93. The first-order chi connectivity index (χ1) is 12.3. The van der Waals surface area contributed by atoms with Crippen LogP contribution in [-0.2, 0) is 17.8 Å². The van der Waals surface area contributed by atoms with Gasteiger partial charge in [0.1, 0.15) is 25.0 Å². The lowest BCUT2D eigenvalue weighted by Crippen LogP contribution is -2.41. The number of aromatic amines is 1. The van der Waals surface area contributed by atoms with Gasteiger partial charge in [0.2, 0.25) is 5.91 Å². The summed E-state index contributed by atoms with van der Waals surface area (Å²) in [5.41, 5.74) is 2.60. The molecule has 0 unspecified atom stereocenters. The third kappa shape index (κ3) is 3.00. The van der Waals surface area contributed by atoms with Crippen molar-refractivity contribution in [1.29, 1.82) is 0 Å². The molecule has 25 heavy (non-hydrogen) atoms. The molecule has 132 valence electrons. The molecule has 3 N–H and O–H groups in total. The minimum absolute atomic E-state index is 0.120. The molecule has 2 aliphatic heterocycles. The molecule has 0 radical (unpaired) electrons. The van der Waals surface area contributed by atoms with Crippen molar-refractivity contribution < 1.29 is 19.0 Å². The molecule has 3 heterocycles. The van der Waals surface area contributed by atoms with Crippen LogP contribution in [0.5, 0.6) is 17.2 Å². The second kappa shape index (κ2) is 6.64. The third-order valence-corrected chi connectivity index (χ3v) is 4.41. The third-order valence-electron chi connectivity index (χ3n) is 4.41. The number of amides is 1. The van der Waals surface area contributed by atoms with E-state index < -0.39 is 6.04 Å². The zero-order chi connectivity index (χ0) is 17.2. The van der Waals surface area contributed by atoms with Crippen LogP contribution in [0.4, 0.5) is 0 Å². The first-order valence-electron chi connectivity index (χ1n) is 8.26. The first-order valence-corrected chi connectivity index (χ1v) is 8.26. The van der Waals surface area contributed by atoms with E-state index in [4.69, 9.17) is 14.2 Å². The lowest BCUT2D eigenvalue weighted by atomic mass is 10.0. The van der Waals surface area contributed by atoms with Crippen molar-refractivity contribution in [2.45, 2.75) is 19.0 Å². The fraction of sp³-hybridized carbons (Fsp3) is 0.412. The molecular weight excluding hydrogens is 324 g/mol. The van der Waals surface area contributed by atoms with Crippen LogP contribution in [0, 0.1) is 0 Å². The number of benzene rings is 1. The van der Waals surface area contributed by atoms with Gasteiger partial charge in [0.25, 0.3) is 0 Å². The highest BCUT2D eigenvalue weighted by atomic mass is 16.6. The van der Waals surface area contributed by atoms with Crippen LogP contribution < -0.4 is 24.8 Å². The van der Waals surface area contributed by atoms with E-state index in [0.717, 1.165) is 29.9 Å². The second-order valence-electron chi connectivity index (χ2n) is 5.93. The van der Waals surface area contributed by atoms with Crippen molar-refractivity contribution >= 4 is 5.91 Å². The highest BCUT2D eigenvalue weighted by Gasteiger charge is 2.28. The predicted octanol–water partition coefficient (Wildman–Crippen LogP) is 0.693. The summed E-state index contributed by atoms with van der Waals surface area (Å²) in [5, 5.41) is 6.15. The summed E-state index contributed by atoms with van der Waals surface area (Å²) in [6.07, 6.45) is 2.47. The molecule has 1 aromatic carbocycles. The molecule has 0 aliphatic carbocycles.